The number of pyridine rings is 1. The average Bonchev–Trinajstić information content (AvgIpc) is 3.01. The van der Waals surface area contributed by atoms with Gasteiger partial charge in [-0.15, -0.1) is 0 Å². The van der Waals surface area contributed by atoms with E-state index in [9.17, 15) is 0 Å². The third-order valence-electron chi connectivity index (χ3n) is 2.93. The predicted octanol–water partition coefficient (Wildman–Crippen LogP) is 2.50. The van der Waals surface area contributed by atoms with Crippen molar-refractivity contribution < 1.29 is 0 Å². The lowest BCUT2D eigenvalue weighted by atomic mass is 10.2. The van der Waals surface area contributed by atoms with Crippen LogP contribution in [0.2, 0.25) is 0 Å². The van der Waals surface area contributed by atoms with Crippen LogP contribution in [0.1, 0.15) is 0 Å². The Bertz CT molecular complexity index is 780. The molecular weight excluding hydrogens is 226 g/mol. The Balaban J connectivity index is 1.98. The van der Waals surface area contributed by atoms with E-state index in [1.54, 1.807) is 6.20 Å². The summed E-state index contributed by atoms with van der Waals surface area (Å²) in [4.78, 5) is 13.3. The van der Waals surface area contributed by atoms with Gasteiger partial charge < -0.3 is 10.2 Å². The summed E-state index contributed by atoms with van der Waals surface area (Å²) in [6.45, 7) is 0. The van der Waals surface area contributed by atoms with Crippen LogP contribution in [0.5, 0.6) is 0 Å². The van der Waals surface area contributed by atoms with Gasteiger partial charge in [0.05, 0.1) is 16.6 Å². The zero-order valence-corrected chi connectivity index (χ0v) is 9.38. The standard InChI is InChI=1S/C13H9N5/c1-2-4-14-9(3-1)13-16-11-5-8-7-15-18-10(8)6-12(11)17-13/h1-7,15,18H. The second kappa shape index (κ2) is 3.40. The molecule has 0 aliphatic heterocycles. The van der Waals surface area contributed by atoms with Gasteiger partial charge in [-0.1, -0.05) is 6.07 Å². The maximum Gasteiger partial charge on any atom is 0.179 e. The molecule has 0 aliphatic rings. The molecule has 0 amide bonds. The minimum atomic E-state index is 0.669. The van der Waals surface area contributed by atoms with Gasteiger partial charge in [0, 0.05) is 17.8 Å². The fourth-order valence-electron chi connectivity index (χ4n) is 2.05. The predicted molar refractivity (Wildman–Crippen MR) is 69.0 cm³/mol. The van der Waals surface area contributed by atoms with Crippen LogP contribution in [0, 0.1) is 0 Å². The van der Waals surface area contributed by atoms with E-state index < -0.39 is 0 Å². The second-order valence-corrected chi connectivity index (χ2v) is 4.10. The maximum atomic E-state index is 4.51. The molecule has 3 aromatic heterocycles. The lowest BCUT2D eigenvalue weighted by Gasteiger charge is -1.90. The van der Waals surface area contributed by atoms with E-state index in [-0.39, 0.29) is 0 Å². The molecule has 0 atom stereocenters. The number of imidazole rings is 1. The molecule has 5 nitrogen and oxygen atoms in total. The number of H-pyrrole nitrogens is 2. The van der Waals surface area contributed by atoms with Gasteiger partial charge in [-0.25, -0.2) is 9.97 Å². The first-order chi connectivity index (χ1) is 8.90. The normalized spacial score (nSPS) is 11.3. The van der Waals surface area contributed by atoms with Crippen molar-refractivity contribution in [3.63, 3.8) is 0 Å². The minimum absolute atomic E-state index is 0.669. The Kier molecular flexibility index (Phi) is 1.77. The minimum Gasteiger partial charge on any atom is -0.307 e. The van der Waals surface area contributed by atoms with Crippen molar-refractivity contribution in [2.75, 3.05) is 0 Å². The van der Waals surface area contributed by atoms with E-state index in [0.29, 0.717) is 5.82 Å². The van der Waals surface area contributed by atoms with Crippen molar-refractivity contribution in [2.24, 2.45) is 0 Å². The number of aromatic nitrogens is 5. The van der Waals surface area contributed by atoms with Crippen LogP contribution in [-0.2, 0) is 0 Å². The van der Waals surface area contributed by atoms with Crippen LogP contribution in [0.4, 0.5) is 0 Å². The van der Waals surface area contributed by atoms with Gasteiger partial charge in [0.25, 0.3) is 0 Å². The molecule has 3 heterocycles. The van der Waals surface area contributed by atoms with Crippen molar-refractivity contribution in [1.82, 2.24) is 25.1 Å². The summed E-state index contributed by atoms with van der Waals surface area (Å²) in [5.41, 5.74) is 3.58. The lowest BCUT2D eigenvalue weighted by molar-refractivity contribution is 1.12. The fourth-order valence-corrected chi connectivity index (χ4v) is 2.05. The highest BCUT2D eigenvalue weighted by atomic mass is 15.1. The number of rotatable bonds is 1. The second-order valence-electron chi connectivity index (χ2n) is 4.10. The van der Waals surface area contributed by atoms with E-state index in [0.717, 1.165) is 27.6 Å². The number of hydrogen-bond acceptors (Lipinski definition) is 3. The molecule has 2 N–H and O–H groups in total. The van der Waals surface area contributed by atoms with Crippen molar-refractivity contribution in [3.8, 4) is 11.5 Å². The molecule has 0 spiro atoms. The SMILES string of the molecule is c1ccc(-c2nc3cc4c[nH][nH]c4cc3n2)nc1. The molecule has 4 aromatic rings. The van der Waals surface area contributed by atoms with E-state index >= 15 is 0 Å². The highest BCUT2D eigenvalue weighted by molar-refractivity contribution is 5.93. The molecule has 1 aromatic carbocycles. The van der Waals surface area contributed by atoms with E-state index in [4.69, 9.17) is 0 Å². The van der Waals surface area contributed by atoms with Crippen molar-refractivity contribution in [2.45, 2.75) is 0 Å². The van der Waals surface area contributed by atoms with Gasteiger partial charge in [0.15, 0.2) is 5.82 Å². The Morgan fingerprint density at radius 1 is 1.00 bits per heavy atom. The zero-order chi connectivity index (χ0) is 11.9. The van der Waals surface area contributed by atoms with E-state index in [1.165, 1.54) is 0 Å². The summed E-state index contributed by atoms with van der Waals surface area (Å²) in [5.74, 6) is 0.669. The molecule has 0 saturated heterocycles. The highest BCUT2D eigenvalue weighted by Crippen LogP contribution is 2.22. The number of fused-ring (bicyclic) bond motifs is 2. The zero-order valence-electron chi connectivity index (χ0n) is 9.38. The lowest BCUT2D eigenvalue weighted by Crippen LogP contribution is -1.82. The molecule has 5 heteroatoms. The smallest absolute Gasteiger partial charge is 0.179 e. The van der Waals surface area contributed by atoms with Gasteiger partial charge in [-0.3, -0.25) is 4.98 Å². The van der Waals surface area contributed by atoms with Gasteiger partial charge in [-0.2, -0.15) is 0 Å². The molecule has 18 heavy (non-hydrogen) atoms. The molecule has 0 aliphatic carbocycles. The third-order valence-corrected chi connectivity index (χ3v) is 2.93. The number of nitrogens with one attached hydrogen (secondary N) is 2. The molecule has 4 rings (SSSR count). The summed E-state index contributed by atoms with van der Waals surface area (Å²) < 4.78 is 0. The molecule has 0 unspecified atom stereocenters. The topological polar surface area (TPSA) is 70.2 Å². The number of nitrogens with zero attached hydrogens (tertiary/aromatic N) is 3. The Morgan fingerprint density at radius 2 is 1.89 bits per heavy atom. The summed E-state index contributed by atoms with van der Waals surface area (Å²) in [6.07, 6.45) is 3.65. The first kappa shape index (κ1) is 9.35. The number of benzene rings is 1. The molecular formula is C13H9N5. The highest BCUT2D eigenvalue weighted by Gasteiger charge is 2.08. The van der Waals surface area contributed by atoms with E-state index in [2.05, 4.69) is 25.1 Å². The molecule has 0 fully saturated rings. The van der Waals surface area contributed by atoms with Gasteiger partial charge in [-0.05, 0) is 24.3 Å². The molecule has 86 valence electrons. The van der Waals surface area contributed by atoms with Crippen molar-refractivity contribution in [3.05, 3.63) is 42.7 Å². The summed E-state index contributed by atoms with van der Waals surface area (Å²) in [7, 11) is 0. The Morgan fingerprint density at radius 3 is 2.72 bits per heavy atom. The van der Waals surface area contributed by atoms with Crippen LogP contribution in [0.25, 0.3) is 33.5 Å². The number of hydrogen-bond donors (Lipinski definition) is 2. The Labute approximate surface area is 102 Å². The van der Waals surface area contributed by atoms with Crippen molar-refractivity contribution in [1.29, 1.82) is 0 Å². The van der Waals surface area contributed by atoms with Crippen LogP contribution in [0.3, 0.4) is 0 Å². The van der Waals surface area contributed by atoms with Gasteiger partial charge >= 0.3 is 0 Å². The van der Waals surface area contributed by atoms with Gasteiger partial charge in [0.1, 0.15) is 5.69 Å². The monoisotopic (exact) mass is 235 g/mol. The first-order valence-corrected chi connectivity index (χ1v) is 5.65. The van der Waals surface area contributed by atoms with Crippen LogP contribution >= 0.6 is 0 Å². The van der Waals surface area contributed by atoms with Crippen molar-refractivity contribution >= 4 is 21.9 Å². The number of aromatic amines is 2. The Hall–Kier alpha value is -2.69. The molecule has 0 saturated carbocycles. The van der Waals surface area contributed by atoms with Crippen LogP contribution < -0.4 is 0 Å². The quantitative estimate of drug-likeness (QED) is 0.532. The third kappa shape index (κ3) is 1.31. The first-order valence-electron chi connectivity index (χ1n) is 5.65. The molecule has 0 radical (unpaired) electrons. The summed E-state index contributed by atoms with van der Waals surface area (Å²) in [6, 6.07) is 9.72. The van der Waals surface area contributed by atoms with Crippen LogP contribution in [-0.4, -0.2) is 25.1 Å². The fraction of sp³-hybridized carbons (Fsp3) is 0. The van der Waals surface area contributed by atoms with E-state index in [1.807, 2.05) is 36.5 Å². The molecule has 0 bridgehead atoms. The average molecular weight is 235 g/mol. The summed E-state index contributed by atoms with van der Waals surface area (Å²) >= 11 is 0. The largest absolute Gasteiger partial charge is 0.307 e. The van der Waals surface area contributed by atoms with Gasteiger partial charge in [0.2, 0.25) is 0 Å². The summed E-state index contributed by atoms with van der Waals surface area (Å²) in [5, 5.41) is 7.10. The van der Waals surface area contributed by atoms with Crippen LogP contribution in [0.15, 0.2) is 42.7 Å². The maximum absolute atomic E-state index is 4.51.